The number of thiophene rings is 2. The maximum absolute atomic E-state index is 4.57. The van der Waals surface area contributed by atoms with Gasteiger partial charge in [0.05, 0.1) is 10.6 Å². The van der Waals surface area contributed by atoms with Gasteiger partial charge in [-0.05, 0) is 29.0 Å². The summed E-state index contributed by atoms with van der Waals surface area (Å²) in [5.41, 5.74) is 1.10. The van der Waals surface area contributed by atoms with Crippen molar-refractivity contribution in [2.24, 2.45) is 0 Å². The van der Waals surface area contributed by atoms with Gasteiger partial charge < -0.3 is 0 Å². The van der Waals surface area contributed by atoms with Crippen LogP contribution in [0.4, 0.5) is 0 Å². The minimum absolute atomic E-state index is 1.10. The highest BCUT2D eigenvalue weighted by molar-refractivity contribution is 7.28. The van der Waals surface area contributed by atoms with E-state index < -0.39 is 0 Å². The molecule has 3 aromatic heterocycles. The Morgan fingerprint density at radius 3 is 2.83 bits per heavy atom. The van der Waals surface area contributed by atoms with E-state index in [1.807, 2.05) is 17.5 Å². The molecule has 0 bridgehead atoms. The highest BCUT2D eigenvalue weighted by Gasteiger charge is 2.09. The number of benzene rings is 1. The summed E-state index contributed by atoms with van der Waals surface area (Å²) < 4.78 is 2.70. The molecule has 0 aliphatic heterocycles. The van der Waals surface area contributed by atoms with Gasteiger partial charge in [-0.1, -0.05) is 24.3 Å². The Morgan fingerprint density at radius 2 is 1.89 bits per heavy atom. The molecule has 1 aromatic carbocycles. The lowest BCUT2D eigenvalue weighted by Gasteiger charge is -2.02. The molecule has 0 aliphatic rings. The van der Waals surface area contributed by atoms with Crippen molar-refractivity contribution in [1.82, 2.24) is 4.98 Å². The van der Waals surface area contributed by atoms with Crippen LogP contribution in [0.3, 0.4) is 0 Å². The zero-order valence-electron chi connectivity index (χ0n) is 9.46. The van der Waals surface area contributed by atoms with Gasteiger partial charge in [-0.25, -0.2) is 0 Å². The van der Waals surface area contributed by atoms with Crippen LogP contribution in [0, 0.1) is 0 Å². The van der Waals surface area contributed by atoms with Crippen molar-refractivity contribution in [1.29, 1.82) is 0 Å². The third kappa shape index (κ3) is 1.48. The molecule has 3 heterocycles. The Kier molecular flexibility index (Phi) is 2.22. The van der Waals surface area contributed by atoms with Crippen molar-refractivity contribution >= 4 is 42.8 Å². The normalized spacial score (nSPS) is 11.3. The monoisotopic (exact) mass is 267 g/mol. The molecule has 0 N–H and O–H groups in total. The fourth-order valence-electron chi connectivity index (χ4n) is 2.20. The standard InChI is InChI=1S/C15H9NS2/c1-2-4-11-10(3-1)5-7-16-15(11)14-9-13-12(18-14)6-8-17-13/h1-9H. The van der Waals surface area contributed by atoms with Gasteiger partial charge in [0, 0.05) is 21.0 Å². The summed E-state index contributed by atoms with van der Waals surface area (Å²) in [6.45, 7) is 0. The molecule has 0 spiro atoms. The van der Waals surface area contributed by atoms with Crippen LogP contribution in [-0.2, 0) is 0 Å². The van der Waals surface area contributed by atoms with E-state index in [-0.39, 0.29) is 0 Å². The second-order valence-corrected chi connectivity index (χ2v) is 6.17. The average molecular weight is 267 g/mol. The van der Waals surface area contributed by atoms with E-state index in [1.54, 1.807) is 11.3 Å². The van der Waals surface area contributed by atoms with E-state index in [0.717, 1.165) is 5.69 Å². The first-order valence-electron chi connectivity index (χ1n) is 5.73. The number of rotatable bonds is 1. The molecule has 0 aliphatic carbocycles. The molecule has 4 aromatic rings. The first-order valence-corrected chi connectivity index (χ1v) is 7.42. The summed E-state index contributed by atoms with van der Waals surface area (Å²) >= 11 is 3.61. The number of nitrogens with zero attached hydrogens (tertiary/aromatic N) is 1. The second kappa shape index (κ2) is 3.90. The van der Waals surface area contributed by atoms with E-state index in [0.29, 0.717) is 0 Å². The molecule has 1 nitrogen and oxygen atoms in total. The van der Waals surface area contributed by atoms with Crippen molar-refractivity contribution in [2.45, 2.75) is 0 Å². The molecule has 0 radical (unpaired) electrons. The van der Waals surface area contributed by atoms with E-state index in [9.17, 15) is 0 Å². The van der Waals surface area contributed by atoms with Gasteiger partial charge >= 0.3 is 0 Å². The summed E-state index contributed by atoms with van der Waals surface area (Å²) in [4.78, 5) is 5.83. The maximum Gasteiger partial charge on any atom is 0.0880 e. The second-order valence-electron chi connectivity index (χ2n) is 4.14. The summed E-state index contributed by atoms with van der Waals surface area (Å²) in [6.07, 6.45) is 1.89. The Hall–Kier alpha value is -1.71. The summed E-state index contributed by atoms with van der Waals surface area (Å²) in [5, 5.41) is 4.62. The van der Waals surface area contributed by atoms with E-state index >= 15 is 0 Å². The molecule has 0 saturated heterocycles. The van der Waals surface area contributed by atoms with Crippen molar-refractivity contribution in [3.8, 4) is 10.6 Å². The summed E-state index contributed by atoms with van der Waals surface area (Å²) in [6, 6.07) is 14.9. The third-order valence-corrected chi connectivity index (χ3v) is 5.15. The van der Waals surface area contributed by atoms with Crippen molar-refractivity contribution in [3.63, 3.8) is 0 Å². The molecule has 0 amide bonds. The fraction of sp³-hybridized carbons (Fsp3) is 0. The van der Waals surface area contributed by atoms with Crippen LogP contribution >= 0.6 is 22.7 Å². The number of hydrogen-bond donors (Lipinski definition) is 0. The van der Waals surface area contributed by atoms with Gasteiger partial charge in [-0.2, -0.15) is 0 Å². The molecule has 18 heavy (non-hydrogen) atoms. The van der Waals surface area contributed by atoms with Gasteiger partial charge in [0.1, 0.15) is 0 Å². The number of hydrogen-bond acceptors (Lipinski definition) is 3. The molecule has 0 unspecified atom stereocenters. The predicted molar refractivity (Wildman–Crippen MR) is 80.4 cm³/mol. The van der Waals surface area contributed by atoms with Crippen LogP contribution < -0.4 is 0 Å². The van der Waals surface area contributed by atoms with Crippen LogP contribution in [0.25, 0.3) is 30.7 Å². The van der Waals surface area contributed by atoms with Crippen LogP contribution in [0.2, 0.25) is 0 Å². The molecular formula is C15H9NS2. The molecular weight excluding hydrogens is 258 g/mol. The van der Waals surface area contributed by atoms with Crippen LogP contribution in [0.5, 0.6) is 0 Å². The minimum atomic E-state index is 1.10. The minimum Gasteiger partial charge on any atom is -0.255 e. The van der Waals surface area contributed by atoms with Gasteiger partial charge in [0.25, 0.3) is 0 Å². The number of fused-ring (bicyclic) bond motifs is 2. The highest BCUT2D eigenvalue weighted by atomic mass is 32.1. The van der Waals surface area contributed by atoms with Crippen molar-refractivity contribution in [2.75, 3.05) is 0 Å². The van der Waals surface area contributed by atoms with Gasteiger partial charge in [-0.3, -0.25) is 4.98 Å². The van der Waals surface area contributed by atoms with E-state index in [2.05, 4.69) is 52.8 Å². The topological polar surface area (TPSA) is 12.9 Å². The fourth-order valence-corrected chi connectivity index (χ4v) is 4.32. The SMILES string of the molecule is c1ccc2c(-c3cc4sccc4s3)nccc2c1. The first-order chi connectivity index (χ1) is 8.92. The molecule has 0 fully saturated rings. The van der Waals surface area contributed by atoms with Crippen molar-refractivity contribution in [3.05, 3.63) is 54.0 Å². The Bertz CT molecular complexity index is 808. The van der Waals surface area contributed by atoms with Crippen LogP contribution in [0.1, 0.15) is 0 Å². The summed E-state index contributed by atoms with van der Waals surface area (Å²) in [7, 11) is 0. The summed E-state index contributed by atoms with van der Waals surface area (Å²) in [5.74, 6) is 0. The van der Waals surface area contributed by atoms with E-state index in [4.69, 9.17) is 0 Å². The van der Waals surface area contributed by atoms with Gasteiger partial charge in [0.15, 0.2) is 0 Å². The maximum atomic E-state index is 4.57. The lowest BCUT2D eigenvalue weighted by atomic mass is 10.1. The largest absolute Gasteiger partial charge is 0.255 e. The number of pyridine rings is 1. The van der Waals surface area contributed by atoms with Crippen molar-refractivity contribution < 1.29 is 0 Å². The Morgan fingerprint density at radius 1 is 0.944 bits per heavy atom. The Labute approximate surface area is 112 Å². The zero-order valence-corrected chi connectivity index (χ0v) is 11.1. The average Bonchev–Trinajstić information content (AvgIpc) is 2.99. The lowest BCUT2D eigenvalue weighted by molar-refractivity contribution is 1.37. The van der Waals surface area contributed by atoms with Gasteiger partial charge in [-0.15, -0.1) is 22.7 Å². The highest BCUT2D eigenvalue weighted by Crippen LogP contribution is 2.37. The van der Waals surface area contributed by atoms with Gasteiger partial charge in [0.2, 0.25) is 0 Å². The molecule has 3 heteroatoms. The first kappa shape index (κ1) is 10.2. The molecule has 0 atom stereocenters. The molecule has 86 valence electrons. The third-order valence-electron chi connectivity index (χ3n) is 3.05. The smallest absolute Gasteiger partial charge is 0.0880 e. The Balaban J connectivity index is 2.04. The lowest BCUT2D eigenvalue weighted by Crippen LogP contribution is -1.82. The molecule has 4 rings (SSSR count). The van der Waals surface area contributed by atoms with Crippen LogP contribution in [-0.4, -0.2) is 4.98 Å². The zero-order chi connectivity index (χ0) is 11.9. The van der Waals surface area contributed by atoms with Crippen LogP contribution in [0.15, 0.2) is 54.0 Å². The predicted octanol–water partition coefficient (Wildman–Crippen LogP) is 5.18. The quantitative estimate of drug-likeness (QED) is 0.463. The number of aromatic nitrogens is 1. The van der Waals surface area contributed by atoms with E-state index in [1.165, 1.54) is 25.0 Å². The molecule has 0 saturated carbocycles.